The maximum absolute atomic E-state index is 13.6. The first-order chi connectivity index (χ1) is 15.2. The number of ether oxygens (including phenoxy) is 2. The first-order valence-electron chi connectivity index (χ1n) is 9.95. The van der Waals surface area contributed by atoms with Crippen LogP contribution in [0.5, 0.6) is 17.2 Å². The van der Waals surface area contributed by atoms with Crippen molar-refractivity contribution in [2.45, 2.75) is 25.5 Å². The lowest BCUT2D eigenvalue weighted by molar-refractivity contribution is -0.384. The van der Waals surface area contributed by atoms with Crippen molar-refractivity contribution in [2.75, 3.05) is 12.0 Å². The second kappa shape index (κ2) is 7.88. The monoisotopic (exact) mass is 434 g/mol. The van der Waals surface area contributed by atoms with E-state index in [9.17, 15) is 20.0 Å². The average Bonchev–Trinajstić information content (AvgIpc) is 3.01. The molecule has 0 fully saturated rings. The van der Waals surface area contributed by atoms with Crippen molar-refractivity contribution in [1.29, 1.82) is 0 Å². The molecule has 0 saturated heterocycles. The number of hydrogen-bond donors (Lipinski definition) is 1. The zero-order valence-corrected chi connectivity index (χ0v) is 17.8. The van der Waals surface area contributed by atoms with Gasteiger partial charge in [0, 0.05) is 29.2 Å². The van der Waals surface area contributed by atoms with Gasteiger partial charge in [-0.2, -0.15) is 0 Å². The van der Waals surface area contributed by atoms with E-state index in [0.29, 0.717) is 11.4 Å². The summed E-state index contributed by atoms with van der Waals surface area (Å²) < 4.78 is 11.5. The number of amides is 1. The Balaban J connectivity index is 1.78. The lowest BCUT2D eigenvalue weighted by Crippen LogP contribution is -2.48. The lowest BCUT2D eigenvalue weighted by Gasteiger charge is -2.33. The Bertz CT molecular complexity index is 1190. The summed E-state index contributed by atoms with van der Waals surface area (Å²) in [4.78, 5) is 25.6. The van der Waals surface area contributed by atoms with Gasteiger partial charge in [-0.3, -0.25) is 19.8 Å². The van der Waals surface area contributed by atoms with Crippen molar-refractivity contribution in [3.05, 3.63) is 88.0 Å². The summed E-state index contributed by atoms with van der Waals surface area (Å²) in [5, 5.41) is 21.3. The van der Waals surface area contributed by atoms with Crippen LogP contribution in [-0.2, 0) is 5.41 Å². The SMILES string of the molecule is COc1ccc(O)c(OC2N(C(=O)c3ccc([N+](=O)[O-])cc3)c3ccccc3C2(C)C)c1. The predicted octanol–water partition coefficient (Wildman–Crippen LogP) is 4.65. The molecule has 3 aromatic carbocycles. The highest BCUT2D eigenvalue weighted by Gasteiger charge is 2.49. The van der Waals surface area contributed by atoms with Crippen molar-refractivity contribution < 1.29 is 24.3 Å². The van der Waals surface area contributed by atoms with Gasteiger partial charge in [0.05, 0.1) is 17.7 Å². The topological polar surface area (TPSA) is 102 Å². The van der Waals surface area contributed by atoms with Crippen LogP contribution in [-0.4, -0.2) is 29.3 Å². The van der Waals surface area contributed by atoms with Crippen molar-refractivity contribution in [2.24, 2.45) is 0 Å². The van der Waals surface area contributed by atoms with Crippen LogP contribution in [0.4, 0.5) is 11.4 Å². The number of nitro benzene ring substituents is 1. The summed E-state index contributed by atoms with van der Waals surface area (Å²) in [5.74, 6) is 0.224. The summed E-state index contributed by atoms with van der Waals surface area (Å²) in [6.45, 7) is 3.91. The van der Waals surface area contributed by atoms with E-state index in [-0.39, 0.29) is 28.7 Å². The van der Waals surface area contributed by atoms with E-state index in [2.05, 4.69) is 0 Å². The van der Waals surface area contributed by atoms with Crippen molar-refractivity contribution in [3.8, 4) is 17.2 Å². The maximum atomic E-state index is 13.6. The van der Waals surface area contributed by atoms with Crippen LogP contribution in [0, 0.1) is 10.1 Å². The number of non-ortho nitro benzene ring substituents is 1. The second-order valence-electron chi connectivity index (χ2n) is 8.02. The van der Waals surface area contributed by atoms with Crippen molar-refractivity contribution in [1.82, 2.24) is 0 Å². The van der Waals surface area contributed by atoms with Gasteiger partial charge < -0.3 is 14.6 Å². The Morgan fingerprint density at radius 1 is 1.09 bits per heavy atom. The van der Waals surface area contributed by atoms with E-state index >= 15 is 0 Å². The molecule has 164 valence electrons. The second-order valence-corrected chi connectivity index (χ2v) is 8.02. The summed E-state index contributed by atoms with van der Waals surface area (Å²) in [5.41, 5.74) is 1.14. The lowest BCUT2D eigenvalue weighted by atomic mass is 9.85. The molecule has 0 bridgehead atoms. The first kappa shape index (κ1) is 21.2. The number of anilines is 1. The summed E-state index contributed by atoms with van der Waals surface area (Å²) in [6, 6.07) is 17.6. The van der Waals surface area contributed by atoms with Crippen molar-refractivity contribution in [3.63, 3.8) is 0 Å². The molecule has 1 N–H and O–H groups in total. The number of rotatable bonds is 5. The highest BCUT2D eigenvalue weighted by atomic mass is 16.6. The van der Waals surface area contributed by atoms with Gasteiger partial charge in [-0.1, -0.05) is 32.0 Å². The van der Waals surface area contributed by atoms with Gasteiger partial charge in [-0.15, -0.1) is 0 Å². The van der Waals surface area contributed by atoms with Gasteiger partial charge in [0.2, 0.25) is 0 Å². The molecule has 32 heavy (non-hydrogen) atoms. The van der Waals surface area contributed by atoms with Crippen LogP contribution in [0.25, 0.3) is 0 Å². The van der Waals surface area contributed by atoms with E-state index in [1.807, 2.05) is 38.1 Å². The van der Waals surface area contributed by atoms with E-state index < -0.39 is 16.6 Å². The first-order valence-corrected chi connectivity index (χ1v) is 9.95. The molecule has 0 aliphatic carbocycles. The van der Waals surface area contributed by atoms with Gasteiger partial charge in [0.1, 0.15) is 5.75 Å². The highest BCUT2D eigenvalue weighted by molar-refractivity contribution is 6.08. The fourth-order valence-corrected chi connectivity index (χ4v) is 3.93. The Kier molecular flexibility index (Phi) is 5.22. The van der Waals surface area contributed by atoms with Crippen LogP contribution >= 0.6 is 0 Å². The zero-order chi connectivity index (χ0) is 23.0. The highest BCUT2D eigenvalue weighted by Crippen LogP contribution is 2.47. The molecule has 1 unspecified atom stereocenters. The standard InChI is InChI=1S/C24H22N2O6/c1-24(2)18-6-4-5-7-19(18)25(22(28)15-8-10-16(11-9-15)26(29)30)23(24)32-21-14-17(31-3)12-13-20(21)27/h4-14,23,27H,1-3H3. The molecule has 8 heteroatoms. The Labute approximate surface area is 184 Å². The Hall–Kier alpha value is -4.07. The number of phenols is 1. The number of phenolic OH excluding ortho intramolecular Hbond substituents is 1. The predicted molar refractivity (Wildman–Crippen MR) is 118 cm³/mol. The summed E-state index contributed by atoms with van der Waals surface area (Å²) in [6.07, 6.45) is -0.791. The molecular formula is C24H22N2O6. The third kappa shape index (κ3) is 3.49. The molecule has 0 radical (unpaired) electrons. The molecule has 1 aliphatic rings. The normalized spacial score (nSPS) is 16.3. The van der Waals surface area contributed by atoms with E-state index in [1.54, 1.807) is 12.1 Å². The molecular weight excluding hydrogens is 412 g/mol. The molecule has 0 saturated carbocycles. The van der Waals surface area contributed by atoms with Crippen molar-refractivity contribution >= 4 is 17.3 Å². The molecule has 4 rings (SSSR count). The number of carbonyl (C=O) groups is 1. The Morgan fingerprint density at radius 2 is 1.78 bits per heavy atom. The van der Waals surface area contributed by atoms with Gasteiger partial charge in [0.25, 0.3) is 11.6 Å². The van der Waals surface area contributed by atoms with Crippen LogP contribution in [0.2, 0.25) is 0 Å². The van der Waals surface area contributed by atoms with Gasteiger partial charge in [-0.05, 0) is 35.9 Å². The number of benzene rings is 3. The fourth-order valence-electron chi connectivity index (χ4n) is 3.93. The third-order valence-corrected chi connectivity index (χ3v) is 5.66. The van der Waals surface area contributed by atoms with Crippen LogP contribution in [0.1, 0.15) is 29.8 Å². The minimum Gasteiger partial charge on any atom is -0.504 e. The maximum Gasteiger partial charge on any atom is 0.269 e. The molecule has 1 atom stereocenters. The third-order valence-electron chi connectivity index (χ3n) is 5.66. The fraction of sp³-hybridized carbons (Fsp3) is 0.208. The molecule has 0 aromatic heterocycles. The summed E-state index contributed by atoms with van der Waals surface area (Å²) >= 11 is 0. The Morgan fingerprint density at radius 3 is 2.44 bits per heavy atom. The zero-order valence-electron chi connectivity index (χ0n) is 17.8. The van der Waals surface area contributed by atoms with Gasteiger partial charge >= 0.3 is 0 Å². The molecule has 8 nitrogen and oxygen atoms in total. The number of nitrogens with zero attached hydrogens (tertiary/aromatic N) is 2. The van der Waals surface area contributed by atoms with E-state index in [4.69, 9.17) is 9.47 Å². The number of nitro groups is 1. The number of para-hydroxylation sites is 1. The minimum absolute atomic E-state index is 0.0831. The van der Waals surface area contributed by atoms with Crippen LogP contribution in [0.15, 0.2) is 66.7 Å². The molecule has 1 heterocycles. The number of aromatic hydroxyl groups is 1. The average molecular weight is 434 g/mol. The number of methoxy groups -OCH3 is 1. The largest absolute Gasteiger partial charge is 0.504 e. The number of fused-ring (bicyclic) bond motifs is 1. The quantitative estimate of drug-likeness (QED) is 0.463. The molecule has 1 aliphatic heterocycles. The number of hydrogen-bond acceptors (Lipinski definition) is 6. The molecule has 0 spiro atoms. The van der Waals surface area contributed by atoms with Crippen LogP contribution in [0.3, 0.4) is 0 Å². The van der Waals surface area contributed by atoms with E-state index in [1.165, 1.54) is 42.3 Å². The van der Waals surface area contributed by atoms with Crippen LogP contribution < -0.4 is 14.4 Å². The molecule has 3 aromatic rings. The van der Waals surface area contributed by atoms with Gasteiger partial charge in [-0.25, -0.2) is 0 Å². The smallest absolute Gasteiger partial charge is 0.269 e. The summed E-state index contributed by atoms with van der Waals surface area (Å²) in [7, 11) is 1.51. The molecule has 1 amide bonds. The van der Waals surface area contributed by atoms with E-state index in [0.717, 1.165) is 5.56 Å². The number of carbonyl (C=O) groups excluding carboxylic acids is 1. The van der Waals surface area contributed by atoms with Gasteiger partial charge in [0.15, 0.2) is 17.7 Å². The minimum atomic E-state index is -0.791.